The molecule has 38 heavy (non-hydrogen) atoms. The maximum atomic E-state index is 12.7. The molecule has 1 aromatic carbocycles. The van der Waals surface area contributed by atoms with Crippen molar-refractivity contribution in [3.05, 3.63) is 64.2 Å². The van der Waals surface area contributed by atoms with Crippen LogP contribution in [0.4, 0.5) is 0 Å². The SMILES string of the molecule is CN1CCC[C@H]1c1nc2cccnc2n1-c1ccc(C[C@H](NC2=C(Br)C(=O)C23CCCCC3)C(=O)O)cc1. The lowest BCUT2D eigenvalue weighted by molar-refractivity contribution is -0.140. The van der Waals surface area contributed by atoms with Gasteiger partial charge in [-0.15, -0.1) is 0 Å². The molecule has 198 valence electrons. The summed E-state index contributed by atoms with van der Waals surface area (Å²) in [6.07, 6.45) is 8.97. The summed E-state index contributed by atoms with van der Waals surface area (Å²) in [4.78, 5) is 36.9. The lowest BCUT2D eigenvalue weighted by atomic mass is 9.62. The number of allylic oxidation sites excluding steroid dienone is 2. The average Bonchev–Trinajstić information content (AvgIpc) is 3.54. The van der Waals surface area contributed by atoms with E-state index in [1.165, 1.54) is 0 Å². The number of benzene rings is 1. The number of halogens is 1. The summed E-state index contributed by atoms with van der Waals surface area (Å²) in [5.41, 5.74) is 3.80. The van der Waals surface area contributed by atoms with Crippen molar-refractivity contribution >= 4 is 38.8 Å². The van der Waals surface area contributed by atoms with E-state index in [1.54, 1.807) is 6.20 Å². The van der Waals surface area contributed by atoms with E-state index in [4.69, 9.17) is 4.98 Å². The molecule has 9 heteroatoms. The van der Waals surface area contributed by atoms with Gasteiger partial charge in [0.25, 0.3) is 0 Å². The number of likely N-dealkylation sites (tertiary alicyclic amines) is 1. The normalized spacial score (nSPS) is 22.2. The number of imidazole rings is 1. The second-order valence-corrected chi connectivity index (χ2v) is 11.6. The van der Waals surface area contributed by atoms with Gasteiger partial charge in [0.15, 0.2) is 11.4 Å². The van der Waals surface area contributed by atoms with Crippen molar-refractivity contribution in [3.63, 3.8) is 0 Å². The van der Waals surface area contributed by atoms with Crippen LogP contribution in [0.5, 0.6) is 0 Å². The van der Waals surface area contributed by atoms with E-state index < -0.39 is 17.4 Å². The number of aliphatic carboxylic acids is 1. The maximum absolute atomic E-state index is 12.7. The van der Waals surface area contributed by atoms with Crippen LogP contribution in [0.2, 0.25) is 0 Å². The van der Waals surface area contributed by atoms with E-state index in [-0.39, 0.29) is 11.8 Å². The molecule has 2 aromatic heterocycles. The Labute approximate surface area is 230 Å². The first kappa shape index (κ1) is 25.2. The molecule has 3 aromatic rings. The minimum atomic E-state index is -0.927. The third-order valence-corrected chi connectivity index (χ3v) is 9.31. The average molecular weight is 579 g/mol. The quantitative estimate of drug-likeness (QED) is 0.411. The zero-order valence-electron chi connectivity index (χ0n) is 21.5. The second kappa shape index (κ2) is 9.93. The predicted molar refractivity (Wildman–Crippen MR) is 148 cm³/mol. The van der Waals surface area contributed by atoms with Gasteiger partial charge in [0.05, 0.1) is 15.9 Å². The van der Waals surface area contributed by atoms with Crippen LogP contribution >= 0.6 is 15.9 Å². The fourth-order valence-corrected chi connectivity index (χ4v) is 7.33. The number of carboxylic acid groups (broad SMARTS) is 1. The predicted octanol–water partition coefficient (Wildman–Crippen LogP) is 4.91. The highest BCUT2D eigenvalue weighted by Crippen LogP contribution is 2.53. The summed E-state index contributed by atoms with van der Waals surface area (Å²) in [6.45, 7) is 1.04. The second-order valence-electron chi connectivity index (χ2n) is 10.9. The molecule has 0 radical (unpaired) electrons. The fourth-order valence-electron chi connectivity index (χ4n) is 6.45. The van der Waals surface area contributed by atoms with Gasteiger partial charge in [0.2, 0.25) is 0 Å². The molecule has 2 fully saturated rings. The van der Waals surface area contributed by atoms with Crippen LogP contribution in [0.3, 0.4) is 0 Å². The Morgan fingerprint density at radius 2 is 1.95 bits per heavy atom. The lowest BCUT2D eigenvalue weighted by Gasteiger charge is -2.46. The van der Waals surface area contributed by atoms with Crippen LogP contribution in [0.1, 0.15) is 62.4 Å². The molecule has 0 bridgehead atoms. The summed E-state index contributed by atoms with van der Waals surface area (Å²) < 4.78 is 2.64. The van der Waals surface area contributed by atoms with Crippen molar-refractivity contribution in [1.29, 1.82) is 0 Å². The van der Waals surface area contributed by atoms with Crippen molar-refractivity contribution < 1.29 is 14.7 Å². The highest BCUT2D eigenvalue weighted by atomic mass is 79.9. The smallest absolute Gasteiger partial charge is 0.326 e. The van der Waals surface area contributed by atoms with Gasteiger partial charge in [0, 0.05) is 24.0 Å². The van der Waals surface area contributed by atoms with Gasteiger partial charge in [-0.05, 0) is 85.0 Å². The maximum Gasteiger partial charge on any atom is 0.326 e. The number of carbonyl (C=O) groups is 2. The van der Waals surface area contributed by atoms with Crippen LogP contribution in [0, 0.1) is 5.41 Å². The number of nitrogens with zero attached hydrogens (tertiary/aromatic N) is 4. The lowest BCUT2D eigenvalue weighted by Crippen LogP contribution is -2.53. The first-order chi connectivity index (χ1) is 18.4. The molecule has 1 saturated heterocycles. The summed E-state index contributed by atoms with van der Waals surface area (Å²) in [5.74, 6) is 0.169. The van der Waals surface area contributed by atoms with E-state index in [1.807, 2.05) is 36.4 Å². The van der Waals surface area contributed by atoms with E-state index in [0.717, 1.165) is 85.4 Å². The molecule has 6 rings (SSSR count). The molecule has 2 atom stereocenters. The summed E-state index contributed by atoms with van der Waals surface area (Å²) in [6, 6.07) is 11.3. The van der Waals surface area contributed by atoms with Crippen LogP contribution in [0.15, 0.2) is 52.8 Å². The molecule has 8 nitrogen and oxygen atoms in total. The Kier molecular flexibility index (Phi) is 6.60. The van der Waals surface area contributed by atoms with Gasteiger partial charge >= 0.3 is 5.97 Å². The highest BCUT2D eigenvalue weighted by molar-refractivity contribution is 9.12. The molecule has 2 aliphatic carbocycles. The largest absolute Gasteiger partial charge is 0.480 e. The van der Waals surface area contributed by atoms with Crippen LogP contribution in [-0.4, -0.2) is 55.9 Å². The van der Waals surface area contributed by atoms with Crippen molar-refractivity contribution in [2.24, 2.45) is 5.41 Å². The molecule has 3 heterocycles. The molecule has 1 saturated carbocycles. The Balaban J connectivity index is 1.26. The first-order valence-corrected chi connectivity index (χ1v) is 14.3. The monoisotopic (exact) mass is 577 g/mol. The number of rotatable bonds is 7. The minimum Gasteiger partial charge on any atom is -0.480 e. The van der Waals surface area contributed by atoms with E-state index in [0.29, 0.717) is 10.9 Å². The number of fused-ring (bicyclic) bond motifs is 1. The molecular weight excluding hydrogens is 546 g/mol. The van der Waals surface area contributed by atoms with Gasteiger partial charge in [-0.1, -0.05) is 31.4 Å². The number of hydrogen-bond acceptors (Lipinski definition) is 6. The number of hydrogen-bond donors (Lipinski definition) is 2. The van der Waals surface area contributed by atoms with Crippen molar-refractivity contribution in [3.8, 4) is 5.69 Å². The van der Waals surface area contributed by atoms with Gasteiger partial charge in [-0.25, -0.2) is 14.8 Å². The summed E-state index contributed by atoms with van der Waals surface area (Å²) in [7, 11) is 2.14. The topological polar surface area (TPSA) is 100 Å². The van der Waals surface area contributed by atoms with Crippen molar-refractivity contribution in [1.82, 2.24) is 24.8 Å². The van der Waals surface area contributed by atoms with Gasteiger partial charge in [-0.2, -0.15) is 0 Å². The van der Waals surface area contributed by atoms with E-state index in [2.05, 4.69) is 42.7 Å². The van der Waals surface area contributed by atoms with Crippen LogP contribution < -0.4 is 5.32 Å². The number of Topliss-reactive ketones (excluding diaryl/α,β-unsaturated/α-hetero) is 1. The molecule has 0 unspecified atom stereocenters. The number of nitrogens with one attached hydrogen (secondary N) is 1. The standard InChI is InChI=1S/C29H32BrN5O3/c1-34-16-6-8-22(34)27-33-20-7-5-15-31-26(20)35(27)19-11-9-18(10-12-19)17-21(28(37)38)32-24-23(30)25(36)29(24)13-3-2-4-14-29/h5,7,9-12,15,21-22,32H,2-4,6,8,13-14,16-17H2,1H3,(H,37,38)/t21-,22-/m0/s1. The third kappa shape index (κ3) is 4.16. The number of carboxylic acids is 1. The number of aromatic nitrogens is 3. The first-order valence-electron chi connectivity index (χ1n) is 13.5. The zero-order valence-corrected chi connectivity index (χ0v) is 23.1. The highest BCUT2D eigenvalue weighted by Gasteiger charge is 2.53. The van der Waals surface area contributed by atoms with Gasteiger partial charge < -0.3 is 10.4 Å². The Morgan fingerprint density at radius 3 is 2.63 bits per heavy atom. The Bertz CT molecular complexity index is 1420. The third-order valence-electron chi connectivity index (χ3n) is 8.55. The summed E-state index contributed by atoms with van der Waals surface area (Å²) >= 11 is 3.41. The Morgan fingerprint density at radius 1 is 1.18 bits per heavy atom. The zero-order chi connectivity index (χ0) is 26.4. The molecule has 0 amide bonds. The van der Waals surface area contributed by atoms with Crippen molar-refractivity contribution in [2.45, 2.75) is 63.5 Å². The van der Waals surface area contributed by atoms with Crippen LogP contribution in [-0.2, 0) is 16.0 Å². The Hall–Kier alpha value is -3.04. The molecule has 2 N–H and O–H groups in total. The van der Waals surface area contributed by atoms with E-state index in [9.17, 15) is 14.7 Å². The summed E-state index contributed by atoms with van der Waals surface area (Å²) in [5, 5.41) is 13.3. The van der Waals surface area contributed by atoms with Gasteiger partial charge in [-0.3, -0.25) is 14.3 Å². The van der Waals surface area contributed by atoms with Gasteiger partial charge in [0.1, 0.15) is 17.4 Å². The number of ketones is 1. The van der Waals surface area contributed by atoms with Crippen LogP contribution in [0.25, 0.3) is 16.9 Å². The molecule has 1 aliphatic heterocycles. The van der Waals surface area contributed by atoms with E-state index >= 15 is 0 Å². The molecule has 1 spiro atoms. The molecule has 3 aliphatic rings. The number of carbonyl (C=O) groups excluding carboxylic acids is 1. The van der Waals surface area contributed by atoms with Crippen molar-refractivity contribution in [2.75, 3.05) is 13.6 Å². The minimum absolute atomic E-state index is 0.109. The number of pyridine rings is 1. The molecular formula is C29H32BrN5O3. The fraction of sp³-hybridized carbons (Fsp3) is 0.448.